The van der Waals surface area contributed by atoms with Gasteiger partial charge in [-0.3, -0.25) is 4.98 Å². The number of pyridine rings is 1. The van der Waals surface area contributed by atoms with Crippen LogP contribution in [0.15, 0.2) is 36.4 Å². The van der Waals surface area contributed by atoms with Gasteiger partial charge in [0.2, 0.25) is 0 Å². The zero-order valence-electron chi connectivity index (χ0n) is 10.5. The van der Waals surface area contributed by atoms with Gasteiger partial charge in [-0.2, -0.15) is 5.26 Å². The molecule has 0 amide bonds. The Morgan fingerprint density at radius 2 is 1.90 bits per heavy atom. The predicted molar refractivity (Wildman–Crippen MR) is 70.7 cm³/mol. The van der Waals surface area contributed by atoms with E-state index in [-0.39, 0.29) is 28.5 Å². The van der Waals surface area contributed by atoms with Crippen LogP contribution in [0.2, 0.25) is 5.02 Å². The highest BCUT2D eigenvalue weighted by Crippen LogP contribution is 2.33. The van der Waals surface area contributed by atoms with E-state index in [0.717, 1.165) is 0 Å². The van der Waals surface area contributed by atoms with Crippen LogP contribution >= 0.6 is 11.6 Å². The SMILES string of the molecule is N#CCc1nc(-c2ccccc2OC(F)(F)F)ccc1Cl. The summed E-state index contributed by atoms with van der Waals surface area (Å²) in [6.45, 7) is 0. The first kappa shape index (κ1) is 15.1. The number of rotatable bonds is 3. The number of nitriles is 1. The van der Waals surface area contributed by atoms with E-state index in [1.54, 1.807) is 6.07 Å². The van der Waals surface area contributed by atoms with Crippen LogP contribution in [0.1, 0.15) is 5.69 Å². The van der Waals surface area contributed by atoms with E-state index in [1.807, 2.05) is 6.07 Å². The molecule has 0 aliphatic heterocycles. The molecule has 0 radical (unpaired) electrons. The molecule has 0 N–H and O–H groups in total. The largest absolute Gasteiger partial charge is 0.573 e. The van der Waals surface area contributed by atoms with Crippen LogP contribution in [0.5, 0.6) is 5.75 Å². The van der Waals surface area contributed by atoms with Gasteiger partial charge in [0.25, 0.3) is 0 Å². The Morgan fingerprint density at radius 1 is 1.19 bits per heavy atom. The van der Waals surface area contributed by atoms with E-state index < -0.39 is 6.36 Å². The molecule has 1 aromatic carbocycles. The third-order valence-corrected chi connectivity index (χ3v) is 2.90. The molecule has 0 atom stereocenters. The summed E-state index contributed by atoms with van der Waals surface area (Å²) in [4.78, 5) is 4.12. The van der Waals surface area contributed by atoms with Crippen molar-refractivity contribution in [1.82, 2.24) is 4.98 Å². The average Bonchev–Trinajstić information content (AvgIpc) is 2.40. The molecule has 0 aliphatic rings. The Labute approximate surface area is 123 Å². The first-order valence-corrected chi connectivity index (χ1v) is 6.16. The molecule has 2 rings (SSSR count). The van der Waals surface area contributed by atoms with Crippen molar-refractivity contribution in [1.29, 1.82) is 5.26 Å². The molecule has 3 nitrogen and oxygen atoms in total. The fourth-order valence-corrected chi connectivity index (χ4v) is 1.90. The summed E-state index contributed by atoms with van der Waals surface area (Å²) < 4.78 is 41.2. The van der Waals surface area contributed by atoms with Crippen molar-refractivity contribution in [3.8, 4) is 23.1 Å². The van der Waals surface area contributed by atoms with Crippen LogP contribution in [0.25, 0.3) is 11.3 Å². The van der Waals surface area contributed by atoms with Crippen molar-refractivity contribution in [2.75, 3.05) is 0 Å². The van der Waals surface area contributed by atoms with Crippen LogP contribution in [0, 0.1) is 11.3 Å². The van der Waals surface area contributed by atoms with Crippen molar-refractivity contribution in [2.45, 2.75) is 12.8 Å². The number of benzene rings is 1. The normalized spacial score (nSPS) is 11.0. The number of alkyl halides is 3. The number of para-hydroxylation sites is 1. The lowest BCUT2D eigenvalue weighted by molar-refractivity contribution is -0.274. The molecule has 0 saturated heterocycles. The molecule has 0 aliphatic carbocycles. The maximum absolute atomic E-state index is 12.4. The van der Waals surface area contributed by atoms with E-state index >= 15 is 0 Å². The Hall–Kier alpha value is -2.26. The minimum absolute atomic E-state index is 0.0328. The molecule has 108 valence electrons. The van der Waals surface area contributed by atoms with Crippen LogP contribution < -0.4 is 4.74 Å². The monoisotopic (exact) mass is 312 g/mol. The lowest BCUT2D eigenvalue weighted by Crippen LogP contribution is -2.17. The number of hydrogen-bond donors (Lipinski definition) is 0. The Kier molecular flexibility index (Phi) is 4.34. The number of hydrogen-bond acceptors (Lipinski definition) is 3. The van der Waals surface area contributed by atoms with Gasteiger partial charge in [-0.25, -0.2) is 0 Å². The van der Waals surface area contributed by atoms with E-state index in [2.05, 4.69) is 9.72 Å². The van der Waals surface area contributed by atoms with E-state index in [1.165, 1.54) is 30.3 Å². The van der Waals surface area contributed by atoms with Gasteiger partial charge >= 0.3 is 6.36 Å². The maximum Gasteiger partial charge on any atom is 0.573 e. The molecule has 0 bridgehead atoms. The van der Waals surface area contributed by atoms with Gasteiger partial charge in [0, 0.05) is 5.56 Å². The fourth-order valence-electron chi connectivity index (χ4n) is 1.73. The van der Waals surface area contributed by atoms with E-state index in [9.17, 15) is 13.2 Å². The molecular formula is C14H8ClF3N2O. The molecule has 2 aromatic rings. The molecular weight excluding hydrogens is 305 g/mol. The van der Waals surface area contributed by atoms with Crippen LogP contribution in [0.3, 0.4) is 0 Å². The van der Waals surface area contributed by atoms with Crippen molar-refractivity contribution >= 4 is 11.6 Å². The van der Waals surface area contributed by atoms with Gasteiger partial charge in [-0.05, 0) is 24.3 Å². The standard InChI is InChI=1S/C14H8ClF3N2O/c15-10-5-6-11(20-12(10)7-8-19)9-3-1-2-4-13(9)21-14(16,17)18/h1-6H,7H2. The van der Waals surface area contributed by atoms with Crippen LogP contribution in [0.4, 0.5) is 13.2 Å². The highest BCUT2D eigenvalue weighted by molar-refractivity contribution is 6.31. The molecule has 0 saturated carbocycles. The van der Waals surface area contributed by atoms with Crippen molar-refractivity contribution in [2.24, 2.45) is 0 Å². The summed E-state index contributed by atoms with van der Waals surface area (Å²) in [6, 6.07) is 10.5. The molecule has 1 aromatic heterocycles. The van der Waals surface area contributed by atoms with Gasteiger partial charge in [0.15, 0.2) is 0 Å². The second-order valence-electron chi connectivity index (χ2n) is 4.00. The highest BCUT2D eigenvalue weighted by Gasteiger charge is 2.32. The first-order valence-electron chi connectivity index (χ1n) is 5.78. The second kappa shape index (κ2) is 6.02. The first-order chi connectivity index (χ1) is 9.90. The number of nitrogens with zero attached hydrogens (tertiary/aromatic N) is 2. The third-order valence-electron chi connectivity index (χ3n) is 2.55. The number of aromatic nitrogens is 1. The van der Waals surface area contributed by atoms with Crippen molar-refractivity contribution in [3.05, 3.63) is 47.1 Å². The second-order valence-corrected chi connectivity index (χ2v) is 4.41. The lowest BCUT2D eigenvalue weighted by Gasteiger charge is -2.13. The quantitative estimate of drug-likeness (QED) is 0.845. The molecule has 7 heteroatoms. The van der Waals surface area contributed by atoms with Crippen molar-refractivity contribution in [3.63, 3.8) is 0 Å². The summed E-state index contributed by atoms with van der Waals surface area (Å²) in [5, 5.41) is 8.98. The molecule has 0 unspecified atom stereocenters. The smallest absolute Gasteiger partial charge is 0.405 e. The minimum Gasteiger partial charge on any atom is -0.405 e. The Balaban J connectivity index is 2.47. The summed E-state index contributed by atoms with van der Waals surface area (Å²) in [7, 11) is 0. The van der Waals surface area contributed by atoms with Gasteiger partial charge in [0.1, 0.15) is 5.75 Å². The third kappa shape index (κ3) is 3.86. The topological polar surface area (TPSA) is 45.9 Å². The van der Waals surface area contributed by atoms with Gasteiger partial charge < -0.3 is 4.74 Å². The number of ether oxygens (including phenoxy) is 1. The average molecular weight is 313 g/mol. The molecule has 1 heterocycles. The summed E-state index contributed by atoms with van der Waals surface area (Å²) in [6.07, 6.45) is -4.83. The summed E-state index contributed by atoms with van der Waals surface area (Å²) in [5.74, 6) is -0.359. The van der Waals surface area contributed by atoms with E-state index in [0.29, 0.717) is 5.69 Å². The van der Waals surface area contributed by atoms with Crippen LogP contribution in [-0.4, -0.2) is 11.3 Å². The van der Waals surface area contributed by atoms with Gasteiger partial charge in [-0.1, -0.05) is 23.7 Å². The fraction of sp³-hybridized carbons (Fsp3) is 0.143. The van der Waals surface area contributed by atoms with E-state index in [4.69, 9.17) is 16.9 Å². The minimum atomic E-state index is -4.79. The van der Waals surface area contributed by atoms with Crippen molar-refractivity contribution < 1.29 is 17.9 Å². The van der Waals surface area contributed by atoms with Crippen LogP contribution in [-0.2, 0) is 6.42 Å². The summed E-state index contributed by atoms with van der Waals surface area (Å²) >= 11 is 5.88. The zero-order chi connectivity index (χ0) is 15.5. The highest BCUT2D eigenvalue weighted by atomic mass is 35.5. The Bertz CT molecular complexity index is 695. The summed E-state index contributed by atoms with van der Waals surface area (Å²) in [5.41, 5.74) is 0.730. The molecule has 0 spiro atoms. The molecule has 21 heavy (non-hydrogen) atoms. The molecule has 0 fully saturated rings. The maximum atomic E-state index is 12.4. The van der Waals surface area contributed by atoms with Gasteiger partial charge in [-0.15, -0.1) is 13.2 Å². The lowest BCUT2D eigenvalue weighted by atomic mass is 10.1. The number of halogens is 4. The predicted octanol–water partition coefficient (Wildman–Crippen LogP) is 4.37. The zero-order valence-corrected chi connectivity index (χ0v) is 11.2. The Morgan fingerprint density at radius 3 is 2.57 bits per heavy atom. The van der Waals surface area contributed by atoms with Gasteiger partial charge in [0.05, 0.1) is 28.9 Å².